The van der Waals surface area contributed by atoms with E-state index in [0.717, 1.165) is 20.3 Å². The van der Waals surface area contributed by atoms with Gasteiger partial charge in [-0.15, -0.1) is 11.3 Å². The molecule has 1 atom stereocenters. The fraction of sp³-hybridized carbons (Fsp3) is 0.231. The molecule has 0 amide bonds. The molecule has 0 aliphatic carbocycles. The highest BCUT2D eigenvalue weighted by molar-refractivity contribution is 7.16. The fourth-order valence-electron chi connectivity index (χ4n) is 1.64. The molecule has 18 heavy (non-hydrogen) atoms. The highest BCUT2D eigenvalue weighted by atomic mass is 35.5. The standard InChI is InChI=1S/C13H11Cl3OS/c1-7-4-12(18-13(7)16)11(17)6-8-2-3-9(14)10(15)5-8/h2-5,11,17H,6H2,1H3. The molecule has 0 saturated heterocycles. The Kier molecular flexibility index (Phi) is 4.57. The molecular weight excluding hydrogens is 311 g/mol. The molecule has 1 aromatic heterocycles. The number of thiophene rings is 1. The van der Waals surface area contributed by atoms with E-state index < -0.39 is 6.10 Å². The van der Waals surface area contributed by atoms with Gasteiger partial charge in [0.1, 0.15) is 0 Å². The van der Waals surface area contributed by atoms with E-state index in [2.05, 4.69) is 0 Å². The zero-order valence-corrected chi connectivity index (χ0v) is 12.7. The van der Waals surface area contributed by atoms with Gasteiger partial charge in [0, 0.05) is 11.3 Å². The number of aryl methyl sites for hydroxylation is 1. The smallest absolute Gasteiger partial charge is 0.0961 e. The minimum Gasteiger partial charge on any atom is -0.387 e. The monoisotopic (exact) mass is 320 g/mol. The maximum atomic E-state index is 10.1. The average molecular weight is 322 g/mol. The molecule has 0 spiro atoms. The number of hydrogen-bond donors (Lipinski definition) is 1. The minimum atomic E-state index is -0.571. The van der Waals surface area contributed by atoms with Crippen molar-refractivity contribution in [3.05, 3.63) is 54.7 Å². The van der Waals surface area contributed by atoms with Gasteiger partial charge in [-0.1, -0.05) is 40.9 Å². The third-order valence-corrected chi connectivity index (χ3v) is 5.01. The van der Waals surface area contributed by atoms with Crippen LogP contribution < -0.4 is 0 Å². The van der Waals surface area contributed by atoms with Gasteiger partial charge in [0.25, 0.3) is 0 Å². The zero-order chi connectivity index (χ0) is 13.3. The van der Waals surface area contributed by atoms with Crippen LogP contribution >= 0.6 is 46.1 Å². The molecule has 1 aromatic carbocycles. The fourth-order valence-corrected chi connectivity index (χ4v) is 3.16. The molecule has 1 heterocycles. The number of halogens is 3. The summed E-state index contributed by atoms with van der Waals surface area (Å²) < 4.78 is 0.721. The highest BCUT2D eigenvalue weighted by Gasteiger charge is 2.13. The van der Waals surface area contributed by atoms with E-state index in [-0.39, 0.29) is 0 Å². The number of benzene rings is 1. The van der Waals surface area contributed by atoms with E-state index in [0.29, 0.717) is 16.5 Å². The maximum absolute atomic E-state index is 10.1. The van der Waals surface area contributed by atoms with Gasteiger partial charge in [0.05, 0.1) is 20.5 Å². The van der Waals surface area contributed by atoms with Crippen molar-refractivity contribution >= 4 is 46.1 Å². The summed E-state index contributed by atoms with van der Waals surface area (Å²) in [7, 11) is 0. The van der Waals surface area contributed by atoms with Crippen molar-refractivity contribution in [1.29, 1.82) is 0 Å². The molecule has 1 nitrogen and oxygen atoms in total. The van der Waals surface area contributed by atoms with E-state index in [4.69, 9.17) is 34.8 Å². The molecule has 96 valence electrons. The highest BCUT2D eigenvalue weighted by Crippen LogP contribution is 2.33. The molecule has 1 N–H and O–H groups in total. The number of aliphatic hydroxyl groups excluding tert-OH is 1. The van der Waals surface area contributed by atoms with Gasteiger partial charge in [-0.05, 0) is 36.2 Å². The predicted octanol–water partition coefficient (Wildman–Crippen LogP) is 5.29. The topological polar surface area (TPSA) is 20.2 Å². The Bertz CT molecular complexity index is 546. The molecular formula is C13H11Cl3OS. The lowest BCUT2D eigenvalue weighted by Crippen LogP contribution is -1.99. The first-order valence-electron chi connectivity index (χ1n) is 5.35. The third-order valence-electron chi connectivity index (χ3n) is 2.62. The lowest BCUT2D eigenvalue weighted by molar-refractivity contribution is 0.182. The summed E-state index contributed by atoms with van der Waals surface area (Å²) in [6, 6.07) is 7.28. The van der Waals surface area contributed by atoms with Crippen LogP contribution in [-0.2, 0) is 6.42 Å². The van der Waals surface area contributed by atoms with Crippen molar-refractivity contribution in [2.75, 3.05) is 0 Å². The SMILES string of the molecule is Cc1cc(C(O)Cc2ccc(Cl)c(Cl)c2)sc1Cl. The molecule has 0 aliphatic rings. The summed E-state index contributed by atoms with van der Waals surface area (Å²) in [5, 5.41) is 11.2. The van der Waals surface area contributed by atoms with Crippen LogP contribution in [0.2, 0.25) is 14.4 Å². The lowest BCUT2D eigenvalue weighted by Gasteiger charge is -2.09. The van der Waals surface area contributed by atoms with Gasteiger partial charge in [0.2, 0.25) is 0 Å². The summed E-state index contributed by atoms with van der Waals surface area (Å²) in [5.74, 6) is 0. The van der Waals surface area contributed by atoms with Crippen molar-refractivity contribution < 1.29 is 5.11 Å². The zero-order valence-electron chi connectivity index (χ0n) is 9.58. The Morgan fingerprint density at radius 3 is 2.44 bits per heavy atom. The quantitative estimate of drug-likeness (QED) is 0.814. The second-order valence-corrected chi connectivity index (χ2v) is 6.57. The van der Waals surface area contributed by atoms with Crippen LogP contribution in [0.3, 0.4) is 0 Å². The van der Waals surface area contributed by atoms with Crippen LogP contribution in [0.5, 0.6) is 0 Å². The summed E-state index contributed by atoms with van der Waals surface area (Å²) in [5.41, 5.74) is 1.93. The van der Waals surface area contributed by atoms with E-state index in [1.54, 1.807) is 12.1 Å². The first kappa shape index (κ1) is 14.2. The summed E-state index contributed by atoms with van der Waals surface area (Å²) in [4.78, 5) is 0.864. The van der Waals surface area contributed by atoms with E-state index >= 15 is 0 Å². The normalized spacial score (nSPS) is 12.7. The molecule has 0 bridgehead atoms. The molecule has 2 aromatic rings. The van der Waals surface area contributed by atoms with Crippen LogP contribution in [0.1, 0.15) is 22.1 Å². The third kappa shape index (κ3) is 3.19. The van der Waals surface area contributed by atoms with Gasteiger partial charge in [0.15, 0.2) is 0 Å². The molecule has 5 heteroatoms. The Labute approximate surface area is 125 Å². The minimum absolute atomic E-state index is 0.493. The van der Waals surface area contributed by atoms with Gasteiger partial charge >= 0.3 is 0 Å². The van der Waals surface area contributed by atoms with Gasteiger partial charge in [-0.3, -0.25) is 0 Å². The largest absolute Gasteiger partial charge is 0.387 e. The second kappa shape index (κ2) is 5.81. The molecule has 1 unspecified atom stereocenters. The number of hydrogen-bond acceptors (Lipinski definition) is 2. The van der Waals surface area contributed by atoms with Crippen LogP contribution in [-0.4, -0.2) is 5.11 Å². The van der Waals surface area contributed by atoms with Crippen molar-refractivity contribution in [2.45, 2.75) is 19.4 Å². The molecule has 2 rings (SSSR count). The molecule has 0 saturated carbocycles. The lowest BCUT2D eigenvalue weighted by atomic mass is 10.1. The van der Waals surface area contributed by atoms with Gasteiger partial charge in [-0.25, -0.2) is 0 Å². The van der Waals surface area contributed by atoms with E-state index in [1.165, 1.54) is 11.3 Å². The Morgan fingerprint density at radius 2 is 1.89 bits per heavy atom. The van der Waals surface area contributed by atoms with Gasteiger partial charge < -0.3 is 5.11 Å². The predicted molar refractivity (Wildman–Crippen MR) is 79.2 cm³/mol. The van der Waals surface area contributed by atoms with Gasteiger partial charge in [-0.2, -0.15) is 0 Å². The van der Waals surface area contributed by atoms with Crippen molar-refractivity contribution in [2.24, 2.45) is 0 Å². The average Bonchev–Trinajstić information content (AvgIpc) is 2.65. The van der Waals surface area contributed by atoms with Crippen LogP contribution in [0.4, 0.5) is 0 Å². The van der Waals surface area contributed by atoms with Crippen LogP contribution in [0, 0.1) is 6.92 Å². The number of rotatable bonds is 3. The summed E-state index contributed by atoms with van der Waals surface area (Å²) in [6.07, 6.45) is -0.0777. The van der Waals surface area contributed by atoms with Crippen molar-refractivity contribution in [3.8, 4) is 0 Å². The maximum Gasteiger partial charge on any atom is 0.0961 e. The first-order valence-corrected chi connectivity index (χ1v) is 7.30. The molecule has 0 aliphatic heterocycles. The van der Waals surface area contributed by atoms with Crippen LogP contribution in [0.15, 0.2) is 24.3 Å². The summed E-state index contributed by atoms with van der Waals surface area (Å²) in [6.45, 7) is 1.92. The molecule has 0 fully saturated rings. The second-order valence-electron chi connectivity index (χ2n) is 4.07. The van der Waals surface area contributed by atoms with Crippen molar-refractivity contribution in [3.63, 3.8) is 0 Å². The number of aliphatic hydroxyl groups is 1. The molecule has 0 radical (unpaired) electrons. The Hall–Kier alpha value is -0.250. The van der Waals surface area contributed by atoms with E-state index in [9.17, 15) is 5.11 Å². The van der Waals surface area contributed by atoms with Crippen LogP contribution in [0.25, 0.3) is 0 Å². The van der Waals surface area contributed by atoms with Crippen molar-refractivity contribution in [1.82, 2.24) is 0 Å². The Balaban J connectivity index is 2.15. The Morgan fingerprint density at radius 1 is 1.17 bits per heavy atom. The van der Waals surface area contributed by atoms with E-state index in [1.807, 2.05) is 19.1 Å². The first-order chi connectivity index (χ1) is 8.47. The summed E-state index contributed by atoms with van der Waals surface area (Å²) >= 11 is 19.2.